The SMILES string of the molecule is COc1ccc(C(O)=CC(=O)C(=O)O)cc1[N+](=O)[O-]. The first-order chi connectivity index (χ1) is 8.86. The van der Waals surface area contributed by atoms with Crippen LogP contribution >= 0.6 is 0 Å². The van der Waals surface area contributed by atoms with E-state index in [9.17, 15) is 24.8 Å². The summed E-state index contributed by atoms with van der Waals surface area (Å²) in [7, 11) is 1.24. The monoisotopic (exact) mass is 267 g/mol. The fourth-order valence-electron chi connectivity index (χ4n) is 1.26. The first-order valence-electron chi connectivity index (χ1n) is 4.87. The van der Waals surface area contributed by atoms with Crippen LogP contribution in [0.1, 0.15) is 5.56 Å². The van der Waals surface area contributed by atoms with Gasteiger partial charge in [-0.25, -0.2) is 4.79 Å². The molecule has 1 aromatic rings. The number of carboxylic acids is 1. The van der Waals surface area contributed by atoms with Crippen molar-refractivity contribution >= 4 is 23.2 Å². The molecule has 0 amide bonds. The van der Waals surface area contributed by atoms with E-state index in [1.807, 2.05) is 0 Å². The van der Waals surface area contributed by atoms with Crippen LogP contribution in [0.4, 0.5) is 5.69 Å². The number of nitrogens with zero attached hydrogens (tertiary/aromatic N) is 1. The topological polar surface area (TPSA) is 127 Å². The highest BCUT2D eigenvalue weighted by atomic mass is 16.6. The van der Waals surface area contributed by atoms with Crippen LogP contribution in [-0.2, 0) is 9.59 Å². The standard InChI is InChI=1S/C11H9NO7/c1-19-10-3-2-6(4-7(10)12(17)18)8(13)5-9(14)11(15)16/h2-5,13H,1H3,(H,15,16). The number of carboxylic acid groups (broad SMARTS) is 1. The van der Waals surface area contributed by atoms with Gasteiger partial charge in [-0.15, -0.1) is 0 Å². The maximum atomic E-state index is 10.9. The maximum Gasteiger partial charge on any atom is 0.376 e. The number of rotatable bonds is 5. The van der Waals surface area contributed by atoms with Gasteiger partial charge < -0.3 is 14.9 Å². The number of nitro benzene ring substituents is 1. The van der Waals surface area contributed by atoms with Crippen LogP contribution in [0.15, 0.2) is 24.3 Å². The lowest BCUT2D eigenvalue weighted by molar-refractivity contribution is -0.385. The van der Waals surface area contributed by atoms with Crippen LogP contribution < -0.4 is 4.74 Å². The molecule has 0 aliphatic rings. The number of carbonyl (C=O) groups excluding carboxylic acids is 1. The Kier molecular flexibility index (Phi) is 4.19. The van der Waals surface area contributed by atoms with Gasteiger partial charge in [0.05, 0.1) is 12.0 Å². The Hall–Kier alpha value is -2.90. The number of benzene rings is 1. The Morgan fingerprint density at radius 2 is 2.00 bits per heavy atom. The predicted octanol–water partition coefficient (Wildman–Crippen LogP) is 1.16. The minimum Gasteiger partial charge on any atom is -0.507 e. The fourth-order valence-corrected chi connectivity index (χ4v) is 1.26. The van der Waals surface area contributed by atoms with Crippen LogP contribution in [0.25, 0.3) is 5.76 Å². The molecule has 19 heavy (non-hydrogen) atoms. The van der Waals surface area contributed by atoms with E-state index in [2.05, 4.69) is 0 Å². The second-order valence-corrected chi connectivity index (χ2v) is 3.34. The molecule has 1 rings (SSSR count). The summed E-state index contributed by atoms with van der Waals surface area (Å²) in [6.07, 6.45) is 0.466. The van der Waals surface area contributed by atoms with Crippen molar-refractivity contribution < 1.29 is 29.5 Å². The van der Waals surface area contributed by atoms with Gasteiger partial charge in [-0.1, -0.05) is 0 Å². The summed E-state index contributed by atoms with van der Waals surface area (Å²) in [5.74, 6) is -3.78. The van der Waals surface area contributed by atoms with Crippen LogP contribution in [0.5, 0.6) is 5.75 Å². The molecule has 1 aromatic carbocycles. The average Bonchev–Trinajstić information content (AvgIpc) is 2.37. The Balaban J connectivity index is 3.22. The molecule has 0 atom stereocenters. The second-order valence-electron chi connectivity index (χ2n) is 3.34. The number of ether oxygens (including phenoxy) is 1. The molecular weight excluding hydrogens is 258 g/mol. The maximum absolute atomic E-state index is 10.9. The van der Waals surface area contributed by atoms with Gasteiger partial charge in [0.15, 0.2) is 5.75 Å². The Morgan fingerprint density at radius 1 is 1.37 bits per heavy atom. The van der Waals surface area contributed by atoms with E-state index in [1.165, 1.54) is 19.2 Å². The molecule has 0 saturated heterocycles. The Bertz CT molecular complexity index is 576. The molecule has 0 fully saturated rings. The molecule has 8 nitrogen and oxygen atoms in total. The van der Waals surface area contributed by atoms with Crippen molar-refractivity contribution in [1.82, 2.24) is 0 Å². The quantitative estimate of drug-likeness (QED) is 0.269. The Morgan fingerprint density at radius 3 is 2.47 bits per heavy atom. The molecule has 0 aromatic heterocycles. The Labute approximate surface area is 106 Å². The zero-order chi connectivity index (χ0) is 14.6. The van der Waals surface area contributed by atoms with Crippen LogP contribution in [-0.4, -0.2) is 34.0 Å². The fraction of sp³-hybridized carbons (Fsp3) is 0.0909. The summed E-state index contributed by atoms with van der Waals surface area (Å²) >= 11 is 0. The summed E-state index contributed by atoms with van der Waals surface area (Å²) < 4.78 is 4.76. The van der Waals surface area contributed by atoms with Crippen molar-refractivity contribution in [3.05, 3.63) is 40.0 Å². The number of aliphatic hydroxyl groups excluding tert-OH is 1. The van der Waals surface area contributed by atoms with Crippen molar-refractivity contribution in [2.45, 2.75) is 0 Å². The van der Waals surface area contributed by atoms with Crippen molar-refractivity contribution in [3.8, 4) is 5.75 Å². The van der Waals surface area contributed by atoms with E-state index >= 15 is 0 Å². The zero-order valence-electron chi connectivity index (χ0n) is 9.69. The van der Waals surface area contributed by atoms with Crippen LogP contribution in [0.3, 0.4) is 0 Å². The van der Waals surface area contributed by atoms with Crippen LogP contribution in [0.2, 0.25) is 0 Å². The third-order valence-corrected chi connectivity index (χ3v) is 2.15. The number of hydrogen-bond donors (Lipinski definition) is 2. The highest BCUT2D eigenvalue weighted by molar-refractivity contribution is 6.38. The average molecular weight is 267 g/mol. The minimum absolute atomic E-state index is 0.0221. The molecule has 0 aliphatic heterocycles. The lowest BCUT2D eigenvalue weighted by Gasteiger charge is -2.04. The van der Waals surface area contributed by atoms with Crippen molar-refractivity contribution in [2.75, 3.05) is 7.11 Å². The number of hydrogen-bond acceptors (Lipinski definition) is 6. The third-order valence-electron chi connectivity index (χ3n) is 2.15. The van der Waals surface area contributed by atoms with E-state index in [4.69, 9.17) is 9.84 Å². The summed E-state index contributed by atoms with van der Waals surface area (Å²) in [5, 5.41) is 28.6. The number of methoxy groups -OCH3 is 1. The first kappa shape index (κ1) is 14.2. The minimum atomic E-state index is -1.74. The normalized spacial score (nSPS) is 10.9. The van der Waals surface area contributed by atoms with E-state index in [-0.39, 0.29) is 11.3 Å². The first-order valence-corrected chi connectivity index (χ1v) is 4.87. The second kappa shape index (κ2) is 5.63. The number of carbonyl (C=O) groups is 2. The highest BCUT2D eigenvalue weighted by Crippen LogP contribution is 2.29. The van der Waals surface area contributed by atoms with Gasteiger partial charge in [0.1, 0.15) is 5.76 Å². The molecule has 2 N–H and O–H groups in total. The summed E-state index contributed by atoms with van der Waals surface area (Å²) in [5.41, 5.74) is -0.482. The lowest BCUT2D eigenvalue weighted by atomic mass is 10.1. The van der Waals surface area contributed by atoms with Gasteiger partial charge in [-0.05, 0) is 12.1 Å². The third kappa shape index (κ3) is 3.28. The predicted molar refractivity (Wildman–Crippen MR) is 62.9 cm³/mol. The summed E-state index contributed by atoms with van der Waals surface area (Å²) in [6.45, 7) is 0. The number of ketones is 1. The molecule has 0 radical (unpaired) electrons. The molecule has 0 unspecified atom stereocenters. The number of nitro groups is 1. The molecule has 0 saturated carbocycles. The van der Waals surface area contributed by atoms with Crippen molar-refractivity contribution in [2.24, 2.45) is 0 Å². The number of aliphatic hydroxyl groups is 1. The van der Waals surface area contributed by atoms with E-state index in [0.717, 1.165) is 6.07 Å². The van der Waals surface area contributed by atoms with Gasteiger partial charge >= 0.3 is 11.7 Å². The van der Waals surface area contributed by atoms with E-state index in [0.29, 0.717) is 6.08 Å². The zero-order valence-corrected chi connectivity index (χ0v) is 9.69. The van der Waals surface area contributed by atoms with Crippen LogP contribution in [0, 0.1) is 10.1 Å². The molecule has 0 heterocycles. The van der Waals surface area contributed by atoms with Gasteiger partial charge in [-0.2, -0.15) is 0 Å². The summed E-state index contributed by atoms with van der Waals surface area (Å²) in [4.78, 5) is 31.2. The largest absolute Gasteiger partial charge is 0.507 e. The van der Waals surface area contributed by atoms with Gasteiger partial charge in [-0.3, -0.25) is 14.9 Å². The van der Waals surface area contributed by atoms with E-state index in [1.54, 1.807) is 0 Å². The van der Waals surface area contributed by atoms with E-state index < -0.39 is 28.1 Å². The molecule has 8 heteroatoms. The molecule has 100 valence electrons. The highest BCUT2D eigenvalue weighted by Gasteiger charge is 2.17. The van der Waals surface area contributed by atoms with Gasteiger partial charge in [0, 0.05) is 17.7 Å². The molecule has 0 spiro atoms. The van der Waals surface area contributed by atoms with Gasteiger partial charge in [0.25, 0.3) is 5.78 Å². The van der Waals surface area contributed by atoms with Crippen molar-refractivity contribution in [3.63, 3.8) is 0 Å². The number of aliphatic carboxylic acids is 1. The lowest BCUT2D eigenvalue weighted by Crippen LogP contribution is -2.09. The van der Waals surface area contributed by atoms with Crippen molar-refractivity contribution in [1.29, 1.82) is 0 Å². The molecular formula is C11H9NO7. The summed E-state index contributed by atoms with van der Waals surface area (Å²) in [6, 6.07) is 3.45. The smallest absolute Gasteiger partial charge is 0.376 e. The van der Waals surface area contributed by atoms with Gasteiger partial charge in [0.2, 0.25) is 0 Å². The molecule has 0 aliphatic carbocycles. The molecule has 0 bridgehead atoms.